The molecule has 0 unspecified atom stereocenters. The van der Waals surface area contributed by atoms with Gasteiger partial charge in [0.15, 0.2) is 11.5 Å². The lowest BCUT2D eigenvalue weighted by Gasteiger charge is -2.25. The summed E-state index contributed by atoms with van der Waals surface area (Å²) in [6.45, 7) is 1.95. The lowest BCUT2D eigenvalue weighted by Crippen LogP contribution is -2.33. The number of carbonyl (C=O) groups excluding carboxylic acids is 1. The SMILES string of the molecule is O=C(COCc1ccccc1)N(Cc1cccs1)c1ccc2c(c1)OCCO2. The Kier molecular flexibility index (Phi) is 5.89. The van der Waals surface area contributed by atoms with Crippen LogP contribution in [0.25, 0.3) is 0 Å². The van der Waals surface area contributed by atoms with Crippen molar-refractivity contribution >= 4 is 22.9 Å². The number of anilines is 1. The minimum atomic E-state index is -0.0963. The summed E-state index contributed by atoms with van der Waals surface area (Å²) in [5.74, 6) is 1.28. The minimum absolute atomic E-state index is 0.00864. The number of ether oxygens (including phenoxy) is 3. The Morgan fingerprint density at radius 3 is 2.61 bits per heavy atom. The van der Waals surface area contributed by atoms with Crippen molar-refractivity contribution in [1.29, 1.82) is 0 Å². The molecule has 1 aromatic heterocycles. The number of nitrogens with zero attached hydrogens (tertiary/aromatic N) is 1. The topological polar surface area (TPSA) is 48.0 Å². The zero-order valence-electron chi connectivity index (χ0n) is 15.4. The van der Waals surface area contributed by atoms with Crippen LogP contribution in [0.2, 0.25) is 0 Å². The van der Waals surface area contributed by atoms with Gasteiger partial charge in [-0.15, -0.1) is 11.3 Å². The van der Waals surface area contributed by atoms with Gasteiger partial charge in [-0.3, -0.25) is 4.79 Å². The van der Waals surface area contributed by atoms with Crippen molar-refractivity contribution in [1.82, 2.24) is 0 Å². The van der Waals surface area contributed by atoms with Crippen LogP contribution < -0.4 is 14.4 Å². The highest BCUT2D eigenvalue weighted by Gasteiger charge is 2.20. The van der Waals surface area contributed by atoms with Crippen LogP contribution in [0.15, 0.2) is 66.0 Å². The van der Waals surface area contributed by atoms with E-state index in [-0.39, 0.29) is 12.5 Å². The van der Waals surface area contributed by atoms with Crippen molar-refractivity contribution in [3.63, 3.8) is 0 Å². The van der Waals surface area contributed by atoms with Crippen molar-refractivity contribution in [2.75, 3.05) is 24.7 Å². The van der Waals surface area contributed by atoms with Crippen molar-refractivity contribution in [2.24, 2.45) is 0 Å². The number of rotatable bonds is 7. The maximum Gasteiger partial charge on any atom is 0.253 e. The number of amides is 1. The quantitative estimate of drug-likeness (QED) is 0.599. The van der Waals surface area contributed by atoms with E-state index in [0.29, 0.717) is 37.9 Å². The molecule has 0 radical (unpaired) electrons. The van der Waals surface area contributed by atoms with Gasteiger partial charge in [-0.1, -0.05) is 36.4 Å². The average molecular weight is 395 g/mol. The Labute approximate surface area is 168 Å². The first-order valence-corrected chi connectivity index (χ1v) is 10.0. The van der Waals surface area contributed by atoms with E-state index in [2.05, 4.69) is 0 Å². The molecule has 0 saturated heterocycles. The summed E-state index contributed by atoms with van der Waals surface area (Å²) < 4.78 is 16.9. The molecular formula is C22H21NO4S. The molecule has 1 aliphatic heterocycles. The van der Waals surface area contributed by atoms with Crippen LogP contribution in [0.4, 0.5) is 5.69 Å². The summed E-state index contributed by atoms with van der Waals surface area (Å²) in [6.07, 6.45) is 0. The first-order chi connectivity index (χ1) is 13.8. The van der Waals surface area contributed by atoms with Gasteiger partial charge in [-0.05, 0) is 29.1 Å². The van der Waals surface area contributed by atoms with E-state index in [1.807, 2.05) is 66.0 Å². The number of benzene rings is 2. The van der Waals surface area contributed by atoms with E-state index in [0.717, 1.165) is 16.1 Å². The summed E-state index contributed by atoms with van der Waals surface area (Å²) in [7, 11) is 0. The predicted molar refractivity (Wildman–Crippen MR) is 109 cm³/mol. The third kappa shape index (κ3) is 4.52. The number of hydrogen-bond donors (Lipinski definition) is 0. The lowest BCUT2D eigenvalue weighted by molar-refractivity contribution is -0.123. The summed E-state index contributed by atoms with van der Waals surface area (Å²) in [4.78, 5) is 15.8. The van der Waals surface area contributed by atoms with Crippen molar-refractivity contribution < 1.29 is 19.0 Å². The van der Waals surface area contributed by atoms with Gasteiger partial charge in [0.05, 0.1) is 13.2 Å². The van der Waals surface area contributed by atoms with E-state index >= 15 is 0 Å². The first-order valence-electron chi connectivity index (χ1n) is 9.14. The van der Waals surface area contributed by atoms with Gasteiger partial charge in [0, 0.05) is 16.6 Å². The van der Waals surface area contributed by atoms with Crippen LogP contribution in [-0.2, 0) is 22.7 Å². The van der Waals surface area contributed by atoms with Crippen LogP contribution in [-0.4, -0.2) is 25.7 Å². The summed E-state index contributed by atoms with van der Waals surface area (Å²) in [5, 5.41) is 2.01. The molecule has 2 aromatic carbocycles. The number of thiophene rings is 1. The molecule has 1 amide bonds. The monoisotopic (exact) mass is 395 g/mol. The number of fused-ring (bicyclic) bond motifs is 1. The van der Waals surface area contributed by atoms with Crippen molar-refractivity contribution in [3.8, 4) is 11.5 Å². The van der Waals surface area contributed by atoms with Crippen molar-refractivity contribution in [2.45, 2.75) is 13.2 Å². The van der Waals surface area contributed by atoms with Gasteiger partial charge >= 0.3 is 0 Å². The van der Waals surface area contributed by atoms with E-state index < -0.39 is 0 Å². The second-order valence-electron chi connectivity index (χ2n) is 6.37. The molecule has 144 valence electrons. The molecule has 2 heterocycles. The van der Waals surface area contributed by atoms with Gasteiger partial charge in [0.25, 0.3) is 5.91 Å². The highest BCUT2D eigenvalue weighted by Crippen LogP contribution is 2.34. The Bertz CT molecular complexity index is 912. The largest absolute Gasteiger partial charge is 0.486 e. The fourth-order valence-electron chi connectivity index (χ4n) is 2.99. The molecule has 0 fully saturated rings. The number of hydrogen-bond acceptors (Lipinski definition) is 5. The molecule has 28 heavy (non-hydrogen) atoms. The molecule has 6 heteroatoms. The van der Waals surface area contributed by atoms with E-state index in [1.54, 1.807) is 16.2 Å². The molecule has 0 spiro atoms. The van der Waals surface area contributed by atoms with Crippen LogP contribution in [0.5, 0.6) is 11.5 Å². The third-order valence-electron chi connectivity index (χ3n) is 4.37. The van der Waals surface area contributed by atoms with E-state index in [4.69, 9.17) is 14.2 Å². The van der Waals surface area contributed by atoms with Crippen LogP contribution in [0, 0.1) is 0 Å². The summed E-state index contributed by atoms with van der Waals surface area (Å²) >= 11 is 1.62. The zero-order chi connectivity index (χ0) is 19.2. The van der Waals surface area contributed by atoms with E-state index in [9.17, 15) is 4.79 Å². The Balaban J connectivity index is 1.49. The Morgan fingerprint density at radius 1 is 1.00 bits per heavy atom. The van der Waals surface area contributed by atoms with Gasteiger partial charge in [-0.2, -0.15) is 0 Å². The normalized spacial score (nSPS) is 12.6. The predicted octanol–water partition coefficient (Wildman–Crippen LogP) is 4.27. The molecule has 0 N–H and O–H groups in total. The molecule has 0 aliphatic carbocycles. The molecule has 0 atom stereocenters. The number of carbonyl (C=O) groups is 1. The minimum Gasteiger partial charge on any atom is -0.486 e. The highest BCUT2D eigenvalue weighted by atomic mass is 32.1. The fourth-order valence-corrected chi connectivity index (χ4v) is 3.68. The van der Waals surface area contributed by atoms with Gasteiger partial charge < -0.3 is 19.1 Å². The van der Waals surface area contributed by atoms with Gasteiger partial charge in [0.1, 0.15) is 19.8 Å². The second kappa shape index (κ2) is 8.91. The van der Waals surface area contributed by atoms with Crippen LogP contribution in [0.3, 0.4) is 0 Å². The fraction of sp³-hybridized carbons (Fsp3) is 0.227. The van der Waals surface area contributed by atoms with Gasteiger partial charge in [-0.25, -0.2) is 0 Å². The average Bonchev–Trinajstić information content (AvgIpc) is 3.26. The Hall–Kier alpha value is -2.83. The maximum absolute atomic E-state index is 13.0. The second-order valence-corrected chi connectivity index (χ2v) is 7.40. The van der Waals surface area contributed by atoms with Crippen molar-refractivity contribution in [3.05, 3.63) is 76.5 Å². The summed E-state index contributed by atoms with van der Waals surface area (Å²) in [5.41, 5.74) is 1.81. The van der Waals surface area contributed by atoms with Gasteiger partial charge in [0.2, 0.25) is 0 Å². The highest BCUT2D eigenvalue weighted by molar-refractivity contribution is 7.09. The van der Waals surface area contributed by atoms with E-state index in [1.165, 1.54) is 0 Å². The molecular weight excluding hydrogens is 374 g/mol. The molecule has 4 rings (SSSR count). The molecule has 3 aromatic rings. The smallest absolute Gasteiger partial charge is 0.253 e. The molecule has 0 saturated carbocycles. The molecule has 1 aliphatic rings. The third-order valence-corrected chi connectivity index (χ3v) is 5.23. The summed E-state index contributed by atoms with van der Waals surface area (Å²) in [6, 6.07) is 19.4. The maximum atomic E-state index is 13.0. The zero-order valence-corrected chi connectivity index (χ0v) is 16.2. The Morgan fingerprint density at radius 2 is 1.82 bits per heavy atom. The van der Waals surface area contributed by atoms with Crippen LogP contribution in [0.1, 0.15) is 10.4 Å². The molecule has 0 bridgehead atoms. The molecule has 5 nitrogen and oxygen atoms in total. The standard InChI is InChI=1S/C22H21NO4S/c24-22(16-25-15-17-5-2-1-3-6-17)23(14-19-7-4-12-28-19)18-8-9-20-21(13-18)27-11-10-26-20/h1-9,12-13H,10-11,14-16H2. The lowest BCUT2D eigenvalue weighted by atomic mass is 10.2. The van der Waals surface area contributed by atoms with Crippen LogP contribution >= 0.6 is 11.3 Å². The first kappa shape index (κ1) is 18.5.